The van der Waals surface area contributed by atoms with Crippen LogP contribution in [-0.2, 0) is 0 Å². The van der Waals surface area contributed by atoms with Gasteiger partial charge in [0.15, 0.2) is 0 Å². The molecule has 4 aromatic rings. The van der Waals surface area contributed by atoms with E-state index in [0.29, 0.717) is 0 Å². The van der Waals surface area contributed by atoms with Crippen LogP contribution in [0.1, 0.15) is 11.1 Å². The molecule has 0 saturated carbocycles. The third kappa shape index (κ3) is 3.67. The summed E-state index contributed by atoms with van der Waals surface area (Å²) in [5.74, 6) is 0.844. The first-order valence-corrected chi connectivity index (χ1v) is 9.42. The SMILES string of the molecule is COc1ccc(-c2ncc(-c3ccc(C)cc3)cc2-c2ccc(C)cc2)cc1. The highest BCUT2D eigenvalue weighted by atomic mass is 16.5. The Bertz CT molecular complexity index is 1080. The molecule has 138 valence electrons. The van der Waals surface area contributed by atoms with Gasteiger partial charge in [0, 0.05) is 22.9 Å². The molecule has 0 atom stereocenters. The summed E-state index contributed by atoms with van der Waals surface area (Å²) in [5.41, 5.74) is 9.14. The minimum atomic E-state index is 0.844. The predicted octanol–water partition coefficient (Wildman–Crippen LogP) is 6.71. The molecule has 28 heavy (non-hydrogen) atoms. The van der Waals surface area contributed by atoms with Gasteiger partial charge < -0.3 is 4.74 Å². The summed E-state index contributed by atoms with van der Waals surface area (Å²) in [7, 11) is 1.68. The molecule has 0 fully saturated rings. The van der Waals surface area contributed by atoms with E-state index in [1.165, 1.54) is 16.7 Å². The molecule has 0 aliphatic rings. The van der Waals surface area contributed by atoms with E-state index in [2.05, 4.69) is 80.6 Å². The Kier molecular flexibility index (Phi) is 4.94. The van der Waals surface area contributed by atoms with Crippen LogP contribution in [0.2, 0.25) is 0 Å². The fourth-order valence-electron chi connectivity index (χ4n) is 3.30. The van der Waals surface area contributed by atoms with Gasteiger partial charge in [0.1, 0.15) is 5.75 Å². The van der Waals surface area contributed by atoms with Crippen molar-refractivity contribution in [3.05, 3.63) is 96.2 Å². The van der Waals surface area contributed by atoms with Crippen LogP contribution in [0, 0.1) is 13.8 Å². The molecular weight excluding hydrogens is 342 g/mol. The lowest BCUT2D eigenvalue weighted by molar-refractivity contribution is 0.415. The Labute approximate surface area is 166 Å². The van der Waals surface area contributed by atoms with Gasteiger partial charge in [-0.2, -0.15) is 0 Å². The van der Waals surface area contributed by atoms with Crippen molar-refractivity contribution in [1.82, 2.24) is 4.98 Å². The van der Waals surface area contributed by atoms with Gasteiger partial charge in [-0.1, -0.05) is 59.7 Å². The molecule has 0 saturated heterocycles. The number of rotatable bonds is 4. The van der Waals surface area contributed by atoms with Crippen LogP contribution in [-0.4, -0.2) is 12.1 Å². The minimum Gasteiger partial charge on any atom is -0.497 e. The zero-order chi connectivity index (χ0) is 19.5. The summed E-state index contributed by atoms with van der Waals surface area (Å²) in [4.78, 5) is 4.86. The molecule has 0 amide bonds. The Balaban J connectivity index is 1.87. The van der Waals surface area contributed by atoms with E-state index >= 15 is 0 Å². The summed E-state index contributed by atoms with van der Waals surface area (Å²) in [6, 6.07) is 27.5. The molecular formula is C26H23NO. The van der Waals surface area contributed by atoms with E-state index < -0.39 is 0 Å². The first-order valence-electron chi connectivity index (χ1n) is 9.42. The summed E-state index contributed by atoms with van der Waals surface area (Å²) in [6.07, 6.45) is 1.96. The summed E-state index contributed by atoms with van der Waals surface area (Å²) >= 11 is 0. The van der Waals surface area contributed by atoms with Crippen LogP contribution in [0.15, 0.2) is 85.1 Å². The van der Waals surface area contributed by atoms with Crippen molar-refractivity contribution in [2.45, 2.75) is 13.8 Å². The zero-order valence-electron chi connectivity index (χ0n) is 16.4. The Morgan fingerprint density at radius 2 is 1.14 bits per heavy atom. The largest absolute Gasteiger partial charge is 0.497 e. The van der Waals surface area contributed by atoms with Crippen molar-refractivity contribution in [2.24, 2.45) is 0 Å². The number of nitrogens with zero attached hydrogens (tertiary/aromatic N) is 1. The Morgan fingerprint density at radius 3 is 1.71 bits per heavy atom. The van der Waals surface area contributed by atoms with Gasteiger partial charge in [0.25, 0.3) is 0 Å². The number of pyridine rings is 1. The molecule has 0 unspecified atom stereocenters. The molecule has 0 aliphatic carbocycles. The maximum atomic E-state index is 5.30. The highest BCUT2D eigenvalue weighted by Crippen LogP contribution is 2.34. The number of benzene rings is 3. The monoisotopic (exact) mass is 365 g/mol. The normalized spacial score (nSPS) is 10.7. The highest BCUT2D eigenvalue weighted by Gasteiger charge is 2.12. The second-order valence-electron chi connectivity index (χ2n) is 7.08. The van der Waals surface area contributed by atoms with Crippen molar-refractivity contribution in [1.29, 1.82) is 0 Å². The van der Waals surface area contributed by atoms with Crippen molar-refractivity contribution < 1.29 is 4.74 Å². The molecule has 1 heterocycles. The molecule has 3 aromatic carbocycles. The third-order valence-corrected chi connectivity index (χ3v) is 5.00. The molecule has 0 bridgehead atoms. The Hall–Kier alpha value is -3.39. The van der Waals surface area contributed by atoms with Crippen molar-refractivity contribution >= 4 is 0 Å². The molecule has 2 heteroatoms. The molecule has 0 aliphatic heterocycles. The number of aromatic nitrogens is 1. The Morgan fingerprint density at radius 1 is 0.607 bits per heavy atom. The van der Waals surface area contributed by atoms with E-state index in [4.69, 9.17) is 9.72 Å². The first kappa shape index (κ1) is 18.0. The zero-order valence-corrected chi connectivity index (χ0v) is 16.4. The summed E-state index contributed by atoms with van der Waals surface area (Å²) in [6.45, 7) is 4.21. The smallest absolute Gasteiger partial charge is 0.118 e. The first-order chi connectivity index (χ1) is 13.6. The fraction of sp³-hybridized carbons (Fsp3) is 0.115. The number of hydrogen-bond donors (Lipinski definition) is 0. The predicted molar refractivity (Wildman–Crippen MR) is 117 cm³/mol. The van der Waals surface area contributed by atoms with Crippen molar-refractivity contribution in [3.63, 3.8) is 0 Å². The summed E-state index contributed by atoms with van der Waals surface area (Å²) in [5, 5.41) is 0. The van der Waals surface area contributed by atoms with Crippen LogP contribution in [0.5, 0.6) is 5.75 Å². The van der Waals surface area contributed by atoms with Crippen LogP contribution < -0.4 is 4.74 Å². The van der Waals surface area contributed by atoms with E-state index in [1.807, 2.05) is 18.3 Å². The van der Waals surface area contributed by atoms with Gasteiger partial charge in [0.2, 0.25) is 0 Å². The molecule has 0 spiro atoms. The average Bonchev–Trinajstić information content (AvgIpc) is 2.74. The maximum absolute atomic E-state index is 5.30. The van der Waals surface area contributed by atoms with Gasteiger partial charge in [-0.3, -0.25) is 4.98 Å². The van der Waals surface area contributed by atoms with Gasteiger partial charge in [-0.15, -0.1) is 0 Å². The molecule has 0 N–H and O–H groups in total. The van der Waals surface area contributed by atoms with Crippen LogP contribution >= 0.6 is 0 Å². The van der Waals surface area contributed by atoms with Gasteiger partial charge >= 0.3 is 0 Å². The van der Waals surface area contributed by atoms with Crippen molar-refractivity contribution in [2.75, 3.05) is 7.11 Å². The van der Waals surface area contributed by atoms with Crippen LogP contribution in [0.3, 0.4) is 0 Å². The molecule has 4 rings (SSSR count). The second kappa shape index (κ2) is 7.69. The van der Waals surface area contributed by atoms with Crippen LogP contribution in [0.25, 0.3) is 33.5 Å². The fourth-order valence-corrected chi connectivity index (χ4v) is 3.30. The summed E-state index contributed by atoms with van der Waals surface area (Å²) < 4.78 is 5.30. The van der Waals surface area contributed by atoms with Gasteiger partial charge in [-0.25, -0.2) is 0 Å². The average molecular weight is 365 g/mol. The van der Waals surface area contributed by atoms with E-state index in [1.54, 1.807) is 7.11 Å². The minimum absolute atomic E-state index is 0.844. The van der Waals surface area contributed by atoms with Crippen LogP contribution in [0.4, 0.5) is 0 Å². The van der Waals surface area contributed by atoms with E-state index in [0.717, 1.165) is 33.7 Å². The topological polar surface area (TPSA) is 22.1 Å². The van der Waals surface area contributed by atoms with E-state index in [-0.39, 0.29) is 0 Å². The molecule has 0 radical (unpaired) electrons. The lowest BCUT2D eigenvalue weighted by atomic mass is 9.95. The quantitative estimate of drug-likeness (QED) is 0.401. The number of hydrogen-bond acceptors (Lipinski definition) is 2. The van der Waals surface area contributed by atoms with E-state index in [9.17, 15) is 0 Å². The second-order valence-corrected chi connectivity index (χ2v) is 7.08. The highest BCUT2D eigenvalue weighted by molar-refractivity contribution is 5.84. The lowest BCUT2D eigenvalue weighted by Gasteiger charge is -2.13. The van der Waals surface area contributed by atoms with Crippen molar-refractivity contribution in [3.8, 4) is 39.3 Å². The van der Waals surface area contributed by atoms with Gasteiger partial charge in [0.05, 0.1) is 12.8 Å². The molecule has 2 nitrogen and oxygen atoms in total. The number of methoxy groups -OCH3 is 1. The maximum Gasteiger partial charge on any atom is 0.118 e. The number of aryl methyl sites for hydroxylation is 2. The van der Waals surface area contributed by atoms with Gasteiger partial charge in [-0.05, 0) is 55.3 Å². The lowest BCUT2D eigenvalue weighted by Crippen LogP contribution is -1.92. The standard InChI is InChI=1S/C26H23NO/c1-18-4-8-20(9-5-18)23-16-25(21-10-6-19(2)7-11-21)26(27-17-23)22-12-14-24(28-3)15-13-22/h4-17H,1-3H3. The number of ether oxygens (including phenoxy) is 1. The third-order valence-electron chi connectivity index (χ3n) is 5.00. The molecule has 1 aromatic heterocycles.